The number of rotatable bonds is 3. The maximum Gasteiger partial charge on any atom is 0.293 e. The van der Waals surface area contributed by atoms with Crippen molar-refractivity contribution in [1.29, 1.82) is 0 Å². The molecular formula is C11H19N3OS. The Balaban J connectivity index is 1.97. The summed E-state index contributed by atoms with van der Waals surface area (Å²) in [6.07, 6.45) is 1.40. The van der Waals surface area contributed by atoms with Gasteiger partial charge in [0.15, 0.2) is 0 Å². The molecule has 0 radical (unpaired) electrons. The summed E-state index contributed by atoms with van der Waals surface area (Å²) in [6.45, 7) is 8.43. The maximum atomic E-state index is 5.88. The van der Waals surface area contributed by atoms with Gasteiger partial charge >= 0.3 is 0 Å². The van der Waals surface area contributed by atoms with Crippen molar-refractivity contribution in [3.05, 3.63) is 5.82 Å². The fraction of sp³-hybridized carbons (Fsp3) is 0.818. The Hall–Kier alpha value is -0.680. The molecule has 1 N–H and O–H groups in total. The van der Waals surface area contributed by atoms with E-state index in [1.54, 1.807) is 0 Å². The van der Waals surface area contributed by atoms with Crippen molar-refractivity contribution in [2.24, 2.45) is 5.92 Å². The predicted molar refractivity (Wildman–Crippen MR) is 65.1 cm³/mol. The highest BCUT2D eigenvalue weighted by atomic mass is 32.1. The molecule has 16 heavy (non-hydrogen) atoms. The number of aromatic nitrogens is 2. The number of ether oxygens (including phenoxy) is 1. The highest BCUT2D eigenvalue weighted by Gasteiger charge is 2.24. The van der Waals surface area contributed by atoms with E-state index in [9.17, 15) is 0 Å². The summed E-state index contributed by atoms with van der Waals surface area (Å²) < 4.78 is 10.2. The Morgan fingerprint density at radius 2 is 2.31 bits per heavy atom. The van der Waals surface area contributed by atoms with E-state index in [0.29, 0.717) is 17.0 Å². The predicted octanol–water partition coefficient (Wildman–Crippen LogP) is 2.04. The zero-order valence-electron chi connectivity index (χ0n) is 10.1. The molecule has 0 spiro atoms. The van der Waals surface area contributed by atoms with Gasteiger partial charge in [-0.05, 0) is 18.9 Å². The standard InChI is InChI=1S/C11H19N3OS/c1-7(2)10-13-11(16-14-10)15-9-6-12-5-4-8(9)3/h7-9,12H,4-6H2,1-3H3. The molecule has 2 rings (SSSR count). The summed E-state index contributed by atoms with van der Waals surface area (Å²) in [6, 6.07) is 0. The Labute approximate surface area is 101 Å². The summed E-state index contributed by atoms with van der Waals surface area (Å²) in [5, 5.41) is 4.06. The highest BCUT2D eigenvalue weighted by Crippen LogP contribution is 2.23. The SMILES string of the molecule is CC(C)c1nsc(OC2CNCCC2C)n1. The second-order valence-corrected chi connectivity index (χ2v) is 5.41. The first kappa shape index (κ1) is 11.8. The van der Waals surface area contributed by atoms with Crippen LogP contribution in [0.1, 0.15) is 38.9 Å². The van der Waals surface area contributed by atoms with Crippen molar-refractivity contribution in [3.8, 4) is 5.19 Å². The van der Waals surface area contributed by atoms with Gasteiger partial charge in [0.25, 0.3) is 5.19 Å². The Morgan fingerprint density at radius 1 is 1.50 bits per heavy atom. The van der Waals surface area contributed by atoms with E-state index in [-0.39, 0.29) is 6.10 Å². The maximum absolute atomic E-state index is 5.88. The first-order chi connectivity index (χ1) is 7.66. The Kier molecular flexibility index (Phi) is 3.76. The van der Waals surface area contributed by atoms with Gasteiger partial charge < -0.3 is 10.1 Å². The minimum absolute atomic E-state index is 0.238. The van der Waals surface area contributed by atoms with Gasteiger partial charge in [0, 0.05) is 24.0 Å². The number of hydrogen-bond acceptors (Lipinski definition) is 5. The lowest BCUT2D eigenvalue weighted by molar-refractivity contribution is 0.114. The summed E-state index contributed by atoms with van der Waals surface area (Å²) in [7, 11) is 0. The van der Waals surface area contributed by atoms with E-state index >= 15 is 0 Å². The first-order valence-electron chi connectivity index (χ1n) is 5.88. The summed E-state index contributed by atoms with van der Waals surface area (Å²) >= 11 is 1.36. The van der Waals surface area contributed by atoms with Crippen LogP contribution >= 0.6 is 11.5 Å². The summed E-state index contributed by atoms with van der Waals surface area (Å²) in [5.41, 5.74) is 0. The number of nitrogens with zero attached hydrogens (tertiary/aromatic N) is 2. The molecule has 0 saturated carbocycles. The van der Waals surface area contributed by atoms with Crippen molar-refractivity contribution in [2.45, 2.75) is 39.2 Å². The van der Waals surface area contributed by atoms with Crippen LogP contribution in [-0.4, -0.2) is 28.6 Å². The quantitative estimate of drug-likeness (QED) is 0.879. The molecule has 1 aromatic heterocycles. The van der Waals surface area contributed by atoms with E-state index < -0.39 is 0 Å². The first-order valence-corrected chi connectivity index (χ1v) is 6.65. The molecule has 2 unspecified atom stereocenters. The summed E-state index contributed by atoms with van der Waals surface area (Å²) in [4.78, 5) is 4.40. The third-order valence-electron chi connectivity index (χ3n) is 2.95. The zero-order valence-corrected chi connectivity index (χ0v) is 10.9. The van der Waals surface area contributed by atoms with Crippen molar-refractivity contribution < 1.29 is 4.74 Å². The Bertz CT molecular complexity index is 340. The molecular weight excluding hydrogens is 222 g/mol. The second-order valence-electron chi connectivity index (χ2n) is 4.70. The molecule has 5 heteroatoms. The van der Waals surface area contributed by atoms with E-state index in [1.807, 2.05) is 0 Å². The number of nitrogens with one attached hydrogen (secondary N) is 1. The Morgan fingerprint density at radius 3 is 2.94 bits per heavy atom. The smallest absolute Gasteiger partial charge is 0.293 e. The molecule has 4 nitrogen and oxygen atoms in total. The topological polar surface area (TPSA) is 47.0 Å². The molecule has 0 aliphatic carbocycles. The normalized spacial score (nSPS) is 26.0. The zero-order chi connectivity index (χ0) is 11.5. The molecule has 1 aliphatic rings. The van der Waals surface area contributed by atoms with Crippen LogP contribution in [-0.2, 0) is 0 Å². The highest BCUT2D eigenvalue weighted by molar-refractivity contribution is 7.07. The lowest BCUT2D eigenvalue weighted by Crippen LogP contribution is -2.42. The average Bonchev–Trinajstić information content (AvgIpc) is 2.70. The van der Waals surface area contributed by atoms with Crippen molar-refractivity contribution in [1.82, 2.24) is 14.7 Å². The van der Waals surface area contributed by atoms with E-state index in [0.717, 1.165) is 18.9 Å². The molecule has 0 aromatic carbocycles. The van der Waals surface area contributed by atoms with Gasteiger partial charge in [-0.15, -0.1) is 0 Å². The van der Waals surface area contributed by atoms with Crippen LogP contribution in [0.4, 0.5) is 0 Å². The number of hydrogen-bond donors (Lipinski definition) is 1. The van der Waals surface area contributed by atoms with Crippen molar-refractivity contribution in [2.75, 3.05) is 13.1 Å². The van der Waals surface area contributed by atoms with E-state index in [2.05, 4.69) is 35.4 Å². The van der Waals surface area contributed by atoms with Gasteiger partial charge in [-0.1, -0.05) is 20.8 Å². The lowest BCUT2D eigenvalue weighted by Gasteiger charge is -2.28. The molecule has 90 valence electrons. The van der Waals surface area contributed by atoms with Crippen LogP contribution in [0, 0.1) is 5.92 Å². The van der Waals surface area contributed by atoms with Crippen LogP contribution in [0.3, 0.4) is 0 Å². The van der Waals surface area contributed by atoms with Gasteiger partial charge in [0.2, 0.25) is 0 Å². The van der Waals surface area contributed by atoms with Crippen LogP contribution in [0.5, 0.6) is 5.19 Å². The summed E-state index contributed by atoms with van der Waals surface area (Å²) in [5.74, 6) is 1.85. The molecule has 1 aromatic rings. The van der Waals surface area contributed by atoms with Gasteiger partial charge in [-0.3, -0.25) is 0 Å². The van der Waals surface area contributed by atoms with Crippen LogP contribution in [0.25, 0.3) is 0 Å². The molecule has 1 saturated heterocycles. The molecule has 1 fully saturated rings. The van der Waals surface area contributed by atoms with Crippen molar-refractivity contribution >= 4 is 11.5 Å². The van der Waals surface area contributed by atoms with Gasteiger partial charge in [0.05, 0.1) is 0 Å². The largest absolute Gasteiger partial charge is 0.464 e. The fourth-order valence-corrected chi connectivity index (χ4v) is 2.48. The third kappa shape index (κ3) is 2.71. The van der Waals surface area contributed by atoms with Gasteiger partial charge in [-0.2, -0.15) is 9.36 Å². The van der Waals surface area contributed by atoms with Crippen LogP contribution < -0.4 is 10.1 Å². The van der Waals surface area contributed by atoms with Crippen molar-refractivity contribution in [3.63, 3.8) is 0 Å². The van der Waals surface area contributed by atoms with Gasteiger partial charge in [0.1, 0.15) is 11.9 Å². The molecule has 0 amide bonds. The minimum Gasteiger partial charge on any atom is -0.464 e. The van der Waals surface area contributed by atoms with Crippen LogP contribution in [0.2, 0.25) is 0 Å². The number of piperidine rings is 1. The second kappa shape index (κ2) is 5.10. The van der Waals surface area contributed by atoms with E-state index in [1.165, 1.54) is 18.0 Å². The molecule has 2 heterocycles. The average molecular weight is 241 g/mol. The fourth-order valence-electron chi connectivity index (χ4n) is 1.75. The third-order valence-corrected chi connectivity index (χ3v) is 3.57. The molecule has 1 aliphatic heterocycles. The van der Waals surface area contributed by atoms with E-state index in [4.69, 9.17) is 4.74 Å². The molecule has 2 atom stereocenters. The van der Waals surface area contributed by atoms with Gasteiger partial charge in [-0.25, -0.2) is 0 Å². The lowest BCUT2D eigenvalue weighted by atomic mass is 9.97. The van der Waals surface area contributed by atoms with Crippen LogP contribution in [0.15, 0.2) is 0 Å². The monoisotopic (exact) mass is 241 g/mol. The molecule has 0 bridgehead atoms. The minimum atomic E-state index is 0.238.